The van der Waals surface area contributed by atoms with Crippen LogP contribution in [0.25, 0.3) is 56.2 Å². The highest BCUT2D eigenvalue weighted by atomic mass is 79.9. The van der Waals surface area contributed by atoms with Crippen molar-refractivity contribution in [2.45, 2.75) is 79.9 Å². The van der Waals surface area contributed by atoms with E-state index in [2.05, 4.69) is 102 Å². The van der Waals surface area contributed by atoms with Crippen molar-refractivity contribution in [2.24, 2.45) is 0 Å². The predicted molar refractivity (Wildman–Crippen MR) is 327 cm³/mol. The number of aromatic nitrogens is 10. The summed E-state index contributed by atoms with van der Waals surface area (Å²) < 4.78 is 40.2. The minimum Gasteiger partial charge on any atom is -0.414 e. The van der Waals surface area contributed by atoms with E-state index in [1.807, 2.05) is 113 Å². The molecule has 8 aromatic heterocycles. The van der Waals surface area contributed by atoms with Crippen molar-refractivity contribution in [3.63, 3.8) is 0 Å². The zero-order valence-corrected chi connectivity index (χ0v) is 50.5. The van der Waals surface area contributed by atoms with Gasteiger partial charge < -0.3 is 39.1 Å². The number of nitrogens with zero attached hydrogens (tertiary/aromatic N) is 10. The summed E-state index contributed by atoms with van der Waals surface area (Å²) in [5.74, 6) is 3.28. The highest BCUT2D eigenvalue weighted by Gasteiger charge is 2.51. The van der Waals surface area contributed by atoms with Crippen LogP contribution >= 0.6 is 39.0 Å². The zero-order chi connectivity index (χ0) is 60.0. The Morgan fingerprint density at radius 1 is 0.583 bits per heavy atom. The molecule has 9 heterocycles. The smallest absolute Gasteiger partial charge is 0.414 e. The second kappa shape index (κ2) is 27.9. The summed E-state index contributed by atoms with van der Waals surface area (Å²) in [7, 11) is -0.363. The molecule has 11 aromatic rings. The summed E-state index contributed by atoms with van der Waals surface area (Å²) in [5, 5.41) is 19.1. The average Bonchev–Trinajstić information content (AvgIpc) is 4.55. The van der Waals surface area contributed by atoms with Crippen LogP contribution in [0.15, 0.2) is 164 Å². The van der Waals surface area contributed by atoms with Crippen molar-refractivity contribution in [1.29, 1.82) is 0 Å². The lowest BCUT2D eigenvalue weighted by Gasteiger charge is -2.32. The summed E-state index contributed by atoms with van der Waals surface area (Å²) in [6.45, 7) is 18.1. The number of benzene rings is 3. The minimum atomic E-state index is -0.363. The number of nitrogen functional groups attached to an aromatic ring is 2. The molecule has 1 saturated heterocycles. The van der Waals surface area contributed by atoms with E-state index in [1.54, 1.807) is 63.2 Å². The van der Waals surface area contributed by atoms with Gasteiger partial charge in [-0.25, -0.2) is 9.97 Å². The Morgan fingerprint density at radius 3 is 1.48 bits per heavy atom. The van der Waals surface area contributed by atoms with E-state index in [-0.39, 0.29) is 30.5 Å². The molecular weight excluding hydrogens is 1170 g/mol. The first-order valence-corrected chi connectivity index (χ1v) is 28.3. The summed E-state index contributed by atoms with van der Waals surface area (Å²) in [6.07, 6.45) is 10.4. The van der Waals surface area contributed by atoms with Crippen LogP contribution in [-0.2, 0) is 20.5 Å². The topological polar surface area (TPSA) is 282 Å². The first kappa shape index (κ1) is 61.1. The molecule has 4 N–H and O–H groups in total. The number of aryl methyl sites for hydroxylation is 5. The monoisotopic (exact) mass is 1230 g/mol. The van der Waals surface area contributed by atoms with Crippen LogP contribution < -0.4 is 21.7 Å². The number of rotatable bonds is 11. The number of Topliss-reactive ketones (excluding diaryl/α,β-unsaturated/α-hetero) is 1. The SMILES string of the molecule is CC1(C)OB(c2ccc(N)nc2)OC1(C)C.Cc1ccc(-c2ccno2)cc1-c1ccc(CC(=O)c2snnc2C)nc1.Cc1ccc(-c2ccno2)cc1-c1ccc(N)nc1.Cc1ccc(-c2ccno2)cc1Br.Cc1nnsc1OC=O. The quantitative estimate of drug-likeness (QED) is 0.0691. The van der Waals surface area contributed by atoms with Gasteiger partial charge in [0.15, 0.2) is 23.1 Å². The first-order valence-electron chi connectivity index (χ1n) is 26.0. The molecule has 3 aromatic carbocycles. The lowest BCUT2D eigenvalue weighted by Crippen LogP contribution is -2.41. The van der Waals surface area contributed by atoms with E-state index in [1.165, 1.54) is 11.1 Å². The van der Waals surface area contributed by atoms with Crippen LogP contribution in [0.2, 0.25) is 0 Å². The van der Waals surface area contributed by atoms with E-state index in [9.17, 15) is 9.59 Å². The second-order valence-corrected chi connectivity index (χ2v) is 22.2. The fourth-order valence-electron chi connectivity index (χ4n) is 7.91. The molecule has 84 heavy (non-hydrogen) atoms. The molecule has 0 radical (unpaired) electrons. The van der Waals surface area contributed by atoms with Crippen LogP contribution in [0.5, 0.6) is 5.06 Å². The molecule has 1 aliphatic rings. The van der Waals surface area contributed by atoms with E-state index < -0.39 is 0 Å². The lowest BCUT2D eigenvalue weighted by molar-refractivity contribution is -0.120. The molecular formula is C60H58BBrN12O8S2. The van der Waals surface area contributed by atoms with Crippen molar-refractivity contribution in [3.8, 4) is 61.3 Å². The number of ketones is 1. The Bertz CT molecular complexity index is 3890. The van der Waals surface area contributed by atoms with Crippen molar-refractivity contribution in [3.05, 3.63) is 189 Å². The normalized spacial score (nSPS) is 12.7. The highest BCUT2D eigenvalue weighted by Crippen LogP contribution is 2.37. The maximum atomic E-state index is 12.4. The van der Waals surface area contributed by atoms with Crippen molar-refractivity contribution in [2.75, 3.05) is 11.5 Å². The predicted octanol–water partition coefficient (Wildman–Crippen LogP) is 12.3. The van der Waals surface area contributed by atoms with Gasteiger partial charge in [-0.1, -0.05) is 88.9 Å². The molecule has 20 nitrogen and oxygen atoms in total. The van der Waals surface area contributed by atoms with Crippen LogP contribution in [0.1, 0.15) is 71.1 Å². The van der Waals surface area contributed by atoms with Gasteiger partial charge in [0, 0.05) is 91.8 Å². The molecule has 0 saturated carbocycles. The van der Waals surface area contributed by atoms with Gasteiger partial charge in [0.05, 0.1) is 41.9 Å². The third-order valence-electron chi connectivity index (χ3n) is 13.4. The molecule has 1 aliphatic heterocycles. The Labute approximate surface area is 501 Å². The van der Waals surface area contributed by atoms with Gasteiger partial charge in [-0.3, -0.25) is 14.6 Å². The number of hydrogen-bond acceptors (Lipinski definition) is 22. The largest absolute Gasteiger partial charge is 0.496 e. The maximum absolute atomic E-state index is 12.4. The molecule has 24 heteroatoms. The van der Waals surface area contributed by atoms with Crippen LogP contribution in [-0.4, -0.2) is 80.2 Å². The van der Waals surface area contributed by atoms with Crippen LogP contribution in [0.3, 0.4) is 0 Å². The number of ether oxygens (including phenoxy) is 1. The van der Waals surface area contributed by atoms with Gasteiger partial charge in [0.2, 0.25) is 5.06 Å². The summed E-state index contributed by atoms with van der Waals surface area (Å²) in [6, 6.07) is 35.1. The number of anilines is 2. The summed E-state index contributed by atoms with van der Waals surface area (Å²) >= 11 is 5.66. The van der Waals surface area contributed by atoms with E-state index in [4.69, 9.17) is 34.3 Å². The number of carbonyl (C=O) groups is 2. The van der Waals surface area contributed by atoms with Gasteiger partial charge >= 0.3 is 7.12 Å². The van der Waals surface area contributed by atoms with E-state index >= 15 is 0 Å². The van der Waals surface area contributed by atoms with Crippen molar-refractivity contribution < 1.29 is 37.2 Å². The average molecular weight is 1230 g/mol. The van der Waals surface area contributed by atoms with Crippen LogP contribution in [0, 0.1) is 34.6 Å². The molecule has 12 rings (SSSR count). The van der Waals surface area contributed by atoms with Gasteiger partial charge in [0.1, 0.15) is 22.2 Å². The number of carbonyl (C=O) groups excluding carboxylic acids is 2. The molecule has 0 unspecified atom stereocenters. The van der Waals surface area contributed by atoms with Gasteiger partial charge in [-0.15, -0.1) is 10.2 Å². The zero-order valence-electron chi connectivity index (χ0n) is 47.3. The number of nitrogens with two attached hydrogens (primary N) is 2. The molecule has 0 spiro atoms. The third-order valence-corrected chi connectivity index (χ3v) is 15.8. The molecule has 0 atom stereocenters. The van der Waals surface area contributed by atoms with Gasteiger partial charge in [-0.2, -0.15) is 0 Å². The number of halogens is 1. The molecule has 1 fully saturated rings. The molecule has 0 aliphatic carbocycles. The van der Waals surface area contributed by atoms with Crippen LogP contribution in [0.4, 0.5) is 11.6 Å². The molecule has 428 valence electrons. The van der Waals surface area contributed by atoms with Crippen molar-refractivity contribution >= 4 is 75.5 Å². The summed E-state index contributed by atoms with van der Waals surface area (Å²) in [4.78, 5) is 35.3. The first-order chi connectivity index (χ1) is 40.3. The third kappa shape index (κ3) is 15.8. The Kier molecular flexibility index (Phi) is 20.3. The Morgan fingerprint density at radius 2 is 1.06 bits per heavy atom. The minimum absolute atomic E-state index is 0.00810. The standard InChI is InChI=1S/C20H16N4O2S.C15H13N3O.C11H17BN2O2.C10H8BrNO.C4H4N2O2S/c1-12-3-4-14(19-7-8-22-26-19)9-17(12)15-5-6-16(21-11-15)10-18(25)20-13(2)23-24-27-20;1-10-2-3-11(14-6-7-18-19-14)8-13(10)12-4-5-15(16)17-9-12;1-10(2)11(3,4)16-12(15-10)8-5-6-9(13)14-7-8;1-7-2-3-8(6-9(7)11)10-4-5-12-13-10;1-3-4(8-2-7)9-6-5-3/h3-9,11H,10H2,1-2H3;2-9H,1H3,(H2,16,17);5-7H,1-4H3,(H2,13,14);2-6H,1H3;2H,1H3. The van der Waals surface area contributed by atoms with E-state index in [0.717, 1.165) is 100 Å². The van der Waals surface area contributed by atoms with Gasteiger partial charge in [-0.05, 0) is 144 Å². The number of pyridine rings is 3. The number of hydrogen-bond donors (Lipinski definition) is 2. The Hall–Kier alpha value is -8.94. The highest BCUT2D eigenvalue weighted by molar-refractivity contribution is 9.10. The molecule has 0 amide bonds. The molecule has 0 bridgehead atoms. The fourth-order valence-corrected chi connectivity index (χ4v) is 9.37. The fraction of sp³-hybridized carbons (Fsp3) is 0.200. The summed E-state index contributed by atoms with van der Waals surface area (Å²) in [5.41, 5.74) is 24.2. The second-order valence-electron chi connectivity index (χ2n) is 19.9. The maximum Gasteiger partial charge on any atom is 0.496 e. The Balaban J connectivity index is 0.000000143. The lowest BCUT2D eigenvalue weighted by atomic mass is 9.80. The van der Waals surface area contributed by atoms with Gasteiger partial charge in [0.25, 0.3) is 6.47 Å². The van der Waals surface area contributed by atoms with Crippen molar-refractivity contribution in [1.82, 2.24) is 49.6 Å². The van der Waals surface area contributed by atoms with E-state index in [0.29, 0.717) is 39.4 Å².